The predicted octanol–water partition coefficient (Wildman–Crippen LogP) is 0.967. The molecular weight excluding hydrogens is 327 g/mol. The molecule has 0 saturated carbocycles. The van der Waals surface area contributed by atoms with E-state index >= 15 is 0 Å². The first kappa shape index (κ1) is 17.0. The second-order valence-electron chi connectivity index (χ2n) is 4.56. The van der Waals surface area contributed by atoms with Crippen LogP contribution in [0.4, 0.5) is 13.2 Å². The summed E-state index contributed by atoms with van der Waals surface area (Å²) in [6.45, 7) is -0.0800. The van der Waals surface area contributed by atoms with Crippen molar-refractivity contribution in [3.05, 3.63) is 24.3 Å². The van der Waals surface area contributed by atoms with Crippen LogP contribution in [0, 0.1) is 0 Å². The Morgan fingerprint density at radius 1 is 1.32 bits per heavy atom. The van der Waals surface area contributed by atoms with Gasteiger partial charge in [-0.15, -0.1) is 13.2 Å². The number of hydrogen-bond donors (Lipinski definition) is 1. The number of rotatable bonds is 4. The first-order chi connectivity index (χ1) is 10.2. The van der Waals surface area contributed by atoms with Crippen LogP contribution >= 0.6 is 0 Å². The molecule has 0 spiro atoms. The minimum atomic E-state index is -4.83. The molecule has 1 aromatic rings. The molecule has 1 aliphatic heterocycles. The zero-order valence-electron chi connectivity index (χ0n) is 11.3. The summed E-state index contributed by atoms with van der Waals surface area (Å²) in [5, 5.41) is 9.02. The van der Waals surface area contributed by atoms with E-state index in [9.17, 15) is 21.6 Å². The normalized spacial score (nSPS) is 20.8. The molecule has 1 heterocycles. The predicted molar refractivity (Wildman–Crippen MR) is 68.7 cm³/mol. The average Bonchev–Trinajstić information content (AvgIpc) is 2.46. The molecule has 1 saturated heterocycles. The summed E-state index contributed by atoms with van der Waals surface area (Å²) in [6, 6.07) is 3.95. The molecule has 0 aliphatic carbocycles. The highest BCUT2D eigenvalue weighted by Gasteiger charge is 2.32. The number of nitrogens with zero attached hydrogens (tertiary/aromatic N) is 1. The van der Waals surface area contributed by atoms with Gasteiger partial charge in [-0.05, 0) is 24.3 Å². The van der Waals surface area contributed by atoms with Gasteiger partial charge in [-0.2, -0.15) is 4.31 Å². The first-order valence-corrected chi connectivity index (χ1v) is 7.75. The maximum absolute atomic E-state index is 12.4. The molecule has 124 valence electrons. The first-order valence-electron chi connectivity index (χ1n) is 6.31. The fraction of sp³-hybridized carbons (Fsp3) is 0.500. The molecule has 22 heavy (non-hydrogen) atoms. The van der Waals surface area contributed by atoms with Crippen molar-refractivity contribution in [1.29, 1.82) is 0 Å². The van der Waals surface area contributed by atoms with Crippen LogP contribution < -0.4 is 4.74 Å². The molecule has 0 bridgehead atoms. The summed E-state index contributed by atoms with van der Waals surface area (Å²) in [5.41, 5.74) is 0. The third-order valence-corrected chi connectivity index (χ3v) is 4.88. The van der Waals surface area contributed by atoms with E-state index in [1.54, 1.807) is 0 Å². The van der Waals surface area contributed by atoms with Crippen LogP contribution in [-0.4, -0.2) is 56.6 Å². The summed E-state index contributed by atoms with van der Waals surface area (Å²) in [5.74, 6) is -0.498. The Labute approximate surface area is 125 Å². The number of halogens is 3. The molecule has 2 rings (SSSR count). The summed E-state index contributed by atoms with van der Waals surface area (Å²) in [4.78, 5) is -0.152. The molecule has 1 unspecified atom stereocenters. The maximum atomic E-state index is 12.4. The van der Waals surface area contributed by atoms with Crippen LogP contribution in [0.1, 0.15) is 0 Å². The van der Waals surface area contributed by atoms with Gasteiger partial charge in [0, 0.05) is 13.1 Å². The third kappa shape index (κ3) is 4.09. The second kappa shape index (κ2) is 6.41. The SMILES string of the molecule is O=S(=O)(c1ccc(OC(F)(F)F)cc1)N1CCOC(CO)C1. The Hall–Kier alpha value is -1.36. The monoisotopic (exact) mass is 341 g/mol. The van der Waals surface area contributed by atoms with Gasteiger partial charge in [0.15, 0.2) is 0 Å². The van der Waals surface area contributed by atoms with Crippen molar-refractivity contribution >= 4 is 10.0 Å². The Morgan fingerprint density at radius 2 is 1.95 bits per heavy atom. The fourth-order valence-corrected chi connectivity index (χ4v) is 3.44. The van der Waals surface area contributed by atoms with E-state index in [-0.39, 0.29) is 31.2 Å². The molecule has 1 atom stereocenters. The maximum Gasteiger partial charge on any atom is 0.573 e. The number of sulfonamides is 1. The van der Waals surface area contributed by atoms with Crippen molar-refractivity contribution in [2.45, 2.75) is 17.4 Å². The van der Waals surface area contributed by atoms with Crippen LogP contribution in [-0.2, 0) is 14.8 Å². The molecule has 0 aromatic heterocycles. The van der Waals surface area contributed by atoms with Gasteiger partial charge in [0.1, 0.15) is 5.75 Å². The van der Waals surface area contributed by atoms with Gasteiger partial charge in [-0.3, -0.25) is 0 Å². The molecule has 0 radical (unpaired) electrons. The summed E-state index contributed by atoms with van der Waals surface area (Å²) < 4.78 is 70.9. The highest BCUT2D eigenvalue weighted by molar-refractivity contribution is 7.89. The minimum Gasteiger partial charge on any atom is -0.406 e. The number of ether oxygens (including phenoxy) is 2. The molecular formula is C12H14F3NO5S. The minimum absolute atomic E-state index is 0.0143. The average molecular weight is 341 g/mol. The number of aliphatic hydroxyl groups is 1. The van der Waals surface area contributed by atoms with Crippen LogP contribution in [0.5, 0.6) is 5.75 Å². The Balaban J connectivity index is 2.15. The number of hydrogen-bond acceptors (Lipinski definition) is 5. The standard InChI is InChI=1S/C12H14F3NO5S/c13-12(14,15)21-9-1-3-11(4-2-9)22(18,19)16-5-6-20-10(7-16)8-17/h1-4,10,17H,5-8H2. The van der Waals surface area contributed by atoms with Gasteiger partial charge >= 0.3 is 6.36 Å². The Morgan fingerprint density at radius 3 is 2.50 bits per heavy atom. The molecule has 1 N–H and O–H groups in total. The number of morpholine rings is 1. The zero-order valence-corrected chi connectivity index (χ0v) is 12.1. The Bertz CT molecular complexity index is 602. The van der Waals surface area contributed by atoms with Crippen LogP contribution in [0.15, 0.2) is 29.2 Å². The van der Waals surface area contributed by atoms with E-state index < -0.39 is 28.2 Å². The lowest BCUT2D eigenvalue weighted by atomic mass is 10.3. The van der Waals surface area contributed by atoms with Crippen LogP contribution in [0.2, 0.25) is 0 Å². The summed E-state index contributed by atoms with van der Waals surface area (Å²) in [6.07, 6.45) is -5.45. The lowest BCUT2D eigenvalue weighted by molar-refractivity contribution is -0.274. The highest BCUT2D eigenvalue weighted by Crippen LogP contribution is 2.25. The van der Waals surface area contributed by atoms with E-state index in [1.165, 1.54) is 0 Å². The lowest BCUT2D eigenvalue weighted by Gasteiger charge is -2.31. The molecule has 0 amide bonds. The molecule has 6 nitrogen and oxygen atoms in total. The molecule has 1 fully saturated rings. The van der Waals surface area contributed by atoms with Crippen molar-refractivity contribution in [1.82, 2.24) is 4.31 Å². The van der Waals surface area contributed by atoms with Gasteiger partial charge in [0.2, 0.25) is 10.0 Å². The highest BCUT2D eigenvalue weighted by atomic mass is 32.2. The summed E-state index contributed by atoms with van der Waals surface area (Å²) in [7, 11) is -3.86. The van der Waals surface area contributed by atoms with Gasteiger partial charge in [-0.1, -0.05) is 0 Å². The molecule has 10 heteroatoms. The van der Waals surface area contributed by atoms with Crippen LogP contribution in [0.3, 0.4) is 0 Å². The number of alkyl halides is 3. The topological polar surface area (TPSA) is 76.1 Å². The lowest BCUT2D eigenvalue weighted by Crippen LogP contribution is -2.46. The van der Waals surface area contributed by atoms with Crippen molar-refractivity contribution in [2.24, 2.45) is 0 Å². The van der Waals surface area contributed by atoms with E-state index in [1.807, 2.05) is 0 Å². The number of benzene rings is 1. The van der Waals surface area contributed by atoms with E-state index in [4.69, 9.17) is 9.84 Å². The van der Waals surface area contributed by atoms with Crippen molar-refractivity contribution in [3.63, 3.8) is 0 Å². The Kier molecular flexibility index (Phi) is 4.95. The van der Waals surface area contributed by atoms with Crippen molar-refractivity contribution < 1.29 is 36.2 Å². The van der Waals surface area contributed by atoms with E-state index in [0.29, 0.717) is 0 Å². The third-order valence-electron chi connectivity index (χ3n) is 3.00. The quantitative estimate of drug-likeness (QED) is 0.883. The fourth-order valence-electron chi connectivity index (χ4n) is 1.98. The number of aliphatic hydroxyl groups excluding tert-OH is 1. The van der Waals surface area contributed by atoms with Crippen molar-refractivity contribution in [2.75, 3.05) is 26.3 Å². The van der Waals surface area contributed by atoms with E-state index in [0.717, 1.165) is 28.6 Å². The summed E-state index contributed by atoms with van der Waals surface area (Å²) >= 11 is 0. The molecule has 1 aliphatic rings. The second-order valence-corrected chi connectivity index (χ2v) is 6.50. The largest absolute Gasteiger partial charge is 0.573 e. The van der Waals surface area contributed by atoms with E-state index in [2.05, 4.69) is 4.74 Å². The van der Waals surface area contributed by atoms with Gasteiger partial charge in [-0.25, -0.2) is 8.42 Å². The van der Waals surface area contributed by atoms with Gasteiger partial charge in [0.05, 0.1) is 24.2 Å². The van der Waals surface area contributed by atoms with Crippen LogP contribution in [0.25, 0.3) is 0 Å². The molecule has 1 aromatic carbocycles. The zero-order chi connectivity index (χ0) is 16.4. The van der Waals surface area contributed by atoms with Gasteiger partial charge in [0.25, 0.3) is 0 Å². The van der Waals surface area contributed by atoms with Crippen molar-refractivity contribution in [3.8, 4) is 5.75 Å². The van der Waals surface area contributed by atoms with Gasteiger partial charge < -0.3 is 14.6 Å². The smallest absolute Gasteiger partial charge is 0.406 e.